The summed E-state index contributed by atoms with van der Waals surface area (Å²) in [6, 6.07) is 6.48. The van der Waals surface area contributed by atoms with Crippen molar-refractivity contribution in [2.45, 2.75) is 33.1 Å². The molecule has 0 saturated carbocycles. The lowest BCUT2D eigenvalue weighted by Crippen LogP contribution is -2.51. The molecule has 4 rings (SSSR count). The Morgan fingerprint density at radius 2 is 2.00 bits per heavy atom. The quantitative estimate of drug-likeness (QED) is 0.915. The van der Waals surface area contributed by atoms with Gasteiger partial charge in [0.25, 0.3) is 0 Å². The highest BCUT2D eigenvalue weighted by Crippen LogP contribution is 2.27. The summed E-state index contributed by atoms with van der Waals surface area (Å²) in [5, 5.41) is 0. The van der Waals surface area contributed by atoms with Crippen molar-refractivity contribution in [3.8, 4) is 0 Å². The minimum Gasteiger partial charge on any atom is -0.368 e. The summed E-state index contributed by atoms with van der Waals surface area (Å²) in [6.07, 6.45) is 4.40. The molecule has 1 N–H and O–H groups in total. The Morgan fingerprint density at radius 1 is 1.20 bits per heavy atom. The Morgan fingerprint density at radius 3 is 2.80 bits per heavy atom. The van der Waals surface area contributed by atoms with Crippen LogP contribution < -0.4 is 4.90 Å². The summed E-state index contributed by atoms with van der Waals surface area (Å²) in [4.78, 5) is 24.9. The first-order valence-electron chi connectivity index (χ1n) is 9.24. The average Bonchev–Trinajstić information content (AvgIpc) is 3.11. The summed E-state index contributed by atoms with van der Waals surface area (Å²) in [5.41, 5.74) is 6.28. The van der Waals surface area contributed by atoms with Crippen LogP contribution in [0.15, 0.2) is 24.5 Å². The second kappa shape index (κ2) is 6.54. The zero-order valence-corrected chi connectivity index (χ0v) is 15.1. The molecule has 0 spiro atoms. The van der Waals surface area contributed by atoms with E-state index >= 15 is 0 Å². The van der Waals surface area contributed by atoms with Crippen LogP contribution in [0.5, 0.6) is 0 Å². The summed E-state index contributed by atoms with van der Waals surface area (Å²) in [6.45, 7) is 7.81. The van der Waals surface area contributed by atoms with E-state index in [9.17, 15) is 4.79 Å². The van der Waals surface area contributed by atoms with Gasteiger partial charge in [0, 0.05) is 49.9 Å². The number of nitrogens with one attached hydrogen (secondary N) is 1. The van der Waals surface area contributed by atoms with E-state index in [1.54, 1.807) is 6.33 Å². The fraction of sp³-hybridized carbons (Fsp3) is 0.500. The van der Waals surface area contributed by atoms with Gasteiger partial charge in [-0.15, -0.1) is 0 Å². The van der Waals surface area contributed by atoms with Crippen molar-refractivity contribution in [2.24, 2.45) is 5.92 Å². The first-order chi connectivity index (χ1) is 12.1. The zero-order chi connectivity index (χ0) is 17.4. The average molecular weight is 338 g/mol. The molecule has 5 nitrogen and oxygen atoms in total. The zero-order valence-electron chi connectivity index (χ0n) is 15.1. The van der Waals surface area contributed by atoms with Gasteiger partial charge in [-0.3, -0.25) is 4.79 Å². The van der Waals surface area contributed by atoms with Crippen LogP contribution in [0.1, 0.15) is 28.9 Å². The van der Waals surface area contributed by atoms with Gasteiger partial charge in [-0.25, -0.2) is 4.98 Å². The van der Waals surface area contributed by atoms with E-state index in [1.807, 2.05) is 0 Å². The summed E-state index contributed by atoms with van der Waals surface area (Å²) >= 11 is 0. The van der Waals surface area contributed by atoms with Crippen molar-refractivity contribution in [3.63, 3.8) is 0 Å². The van der Waals surface area contributed by atoms with Gasteiger partial charge in [-0.2, -0.15) is 0 Å². The lowest BCUT2D eigenvalue weighted by molar-refractivity contribution is -0.136. The van der Waals surface area contributed by atoms with Crippen LogP contribution >= 0.6 is 0 Å². The normalized spacial score (nSPS) is 20.5. The number of hydrogen-bond donors (Lipinski definition) is 1. The number of rotatable bonds is 2. The molecule has 5 heteroatoms. The third kappa shape index (κ3) is 3.03. The number of H-pyrrole nitrogens is 1. The molecule has 1 aromatic heterocycles. The number of carbonyl (C=O) groups excluding carboxylic acids is 1. The minimum absolute atomic E-state index is 0.111. The van der Waals surface area contributed by atoms with Crippen LogP contribution in [0.2, 0.25) is 0 Å². The number of piperazine rings is 1. The molecule has 1 aliphatic heterocycles. The number of hydrogen-bond acceptors (Lipinski definition) is 3. The van der Waals surface area contributed by atoms with Crippen LogP contribution in [0.3, 0.4) is 0 Å². The molecule has 2 aliphatic rings. The number of imidazole rings is 1. The molecule has 2 aromatic rings. The van der Waals surface area contributed by atoms with Gasteiger partial charge >= 0.3 is 0 Å². The first-order valence-corrected chi connectivity index (χ1v) is 9.24. The van der Waals surface area contributed by atoms with Gasteiger partial charge in [0.05, 0.1) is 12.0 Å². The Balaban J connectivity index is 1.39. The standard InChI is InChI=1S/C20H26N4O/c1-14-4-3-5-19(15(14)2)23-8-10-24(11-9-23)20(25)16-6-7-17-18(12-16)22-13-21-17/h3-5,13,16H,6-12H2,1-2H3,(H,21,22). The number of fused-ring (bicyclic) bond motifs is 1. The first kappa shape index (κ1) is 16.2. The van der Waals surface area contributed by atoms with Crippen LogP contribution in [-0.2, 0) is 17.6 Å². The predicted octanol–water partition coefficient (Wildman–Crippen LogP) is 2.48. The Kier molecular flexibility index (Phi) is 4.24. The Hall–Kier alpha value is -2.30. The maximum atomic E-state index is 12.9. The van der Waals surface area contributed by atoms with Crippen molar-refractivity contribution in [1.82, 2.24) is 14.9 Å². The van der Waals surface area contributed by atoms with Gasteiger partial charge in [0.2, 0.25) is 5.91 Å². The van der Waals surface area contributed by atoms with Gasteiger partial charge in [0.1, 0.15) is 0 Å². The van der Waals surface area contributed by atoms with Crippen molar-refractivity contribution < 1.29 is 4.79 Å². The molecule has 0 bridgehead atoms. The van der Waals surface area contributed by atoms with E-state index in [0.717, 1.165) is 56.8 Å². The summed E-state index contributed by atoms with van der Waals surface area (Å²) in [5.74, 6) is 0.432. The van der Waals surface area contributed by atoms with Crippen LogP contribution in [0.25, 0.3) is 0 Å². The molecule has 2 heterocycles. The third-order valence-electron chi connectivity index (χ3n) is 5.84. The number of anilines is 1. The van der Waals surface area contributed by atoms with E-state index in [-0.39, 0.29) is 5.92 Å². The maximum absolute atomic E-state index is 12.9. The van der Waals surface area contributed by atoms with Crippen molar-refractivity contribution in [1.29, 1.82) is 0 Å². The highest BCUT2D eigenvalue weighted by molar-refractivity contribution is 5.79. The largest absolute Gasteiger partial charge is 0.368 e. The molecular weight excluding hydrogens is 312 g/mol. The number of aromatic nitrogens is 2. The molecule has 1 amide bonds. The molecular formula is C20H26N4O. The van der Waals surface area contributed by atoms with E-state index in [4.69, 9.17) is 0 Å². The van der Waals surface area contributed by atoms with Crippen LogP contribution in [-0.4, -0.2) is 47.0 Å². The maximum Gasteiger partial charge on any atom is 0.226 e. The third-order valence-corrected chi connectivity index (χ3v) is 5.84. The highest BCUT2D eigenvalue weighted by atomic mass is 16.2. The second-order valence-electron chi connectivity index (χ2n) is 7.30. The number of carbonyl (C=O) groups is 1. The lowest BCUT2D eigenvalue weighted by atomic mass is 9.88. The van der Waals surface area contributed by atoms with Crippen molar-refractivity contribution in [3.05, 3.63) is 47.0 Å². The van der Waals surface area contributed by atoms with Crippen LogP contribution in [0, 0.1) is 19.8 Å². The summed E-state index contributed by atoms with van der Waals surface area (Å²) < 4.78 is 0. The van der Waals surface area contributed by atoms with Crippen LogP contribution in [0.4, 0.5) is 5.69 Å². The number of aromatic amines is 1. The minimum atomic E-state index is 0.111. The Labute approximate surface area is 149 Å². The highest BCUT2D eigenvalue weighted by Gasteiger charge is 2.31. The molecule has 1 saturated heterocycles. The molecule has 1 fully saturated rings. The fourth-order valence-corrected chi connectivity index (χ4v) is 4.12. The molecule has 132 valence electrons. The van der Waals surface area contributed by atoms with Gasteiger partial charge < -0.3 is 14.8 Å². The van der Waals surface area contributed by atoms with E-state index in [1.165, 1.54) is 16.8 Å². The molecule has 1 aliphatic carbocycles. The van der Waals surface area contributed by atoms with E-state index in [2.05, 4.69) is 51.8 Å². The summed E-state index contributed by atoms with van der Waals surface area (Å²) in [7, 11) is 0. The predicted molar refractivity (Wildman–Crippen MR) is 98.8 cm³/mol. The van der Waals surface area contributed by atoms with Gasteiger partial charge in [-0.05, 0) is 43.9 Å². The SMILES string of the molecule is Cc1cccc(N2CCN(C(=O)C3CCc4nc[nH]c4C3)CC2)c1C. The molecule has 1 atom stereocenters. The van der Waals surface area contributed by atoms with Gasteiger partial charge in [0.15, 0.2) is 0 Å². The Bertz CT molecular complexity index is 774. The molecule has 1 unspecified atom stereocenters. The van der Waals surface area contributed by atoms with E-state index < -0.39 is 0 Å². The van der Waals surface area contributed by atoms with Crippen molar-refractivity contribution in [2.75, 3.05) is 31.1 Å². The van der Waals surface area contributed by atoms with Crippen molar-refractivity contribution >= 4 is 11.6 Å². The molecule has 25 heavy (non-hydrogen) atoms. The number of nitrogens with zero attached hydrogens (tertiary/aromatic N) is 3. The number of benzene rings is 1. The molecule has 0 radical (unpaired) electrons. The smallest absolute Gasteiger partial charge is 0.226 e. The fourth-order valence-electron chi connectivity index (χ4n) is 4.12. The number of aryl methyl sites for hydroxylation is 2. The number of amides is 1. The van der Waals surface area contributed by atoms with Gasteiger partial charge in [-0.1, -0.05) is 12.1 Å². The monoisotopic (exact) mass is 338 g/mol. The van der Waals surface area contributed by atoms with E-state index in [0.29, 0.717) is 5.91 Å². The second-order valence-corrected chi connectivity index (χ2v) is 7.30. The molecule has 1 aromatic carbocycles. The topological polar surface area (TPSA) is 52.2 Å². The lowest BCUT2D eigenvalue weighted by Gasteiger charge is -2.38.